The van der Waals surface area contributed by atoms with E-state index in [1.807, 2.05) is 0 Å². The molecule has 0 amide bonds. The van der Waals surface area contributed by atoms with Gasteiger partial charge in [0.25, 0.3) is 0 Å². The van der Waals surface area contributed by atoms with Gasteiger partial charge < -0.3 is 11.1 Å². The zero-order valence-corrected chi connectivity index (χ0v) is 9.80. The van der Waals surface area contributed by atoms with Gasteiger partial charge in [0, 0.05) is 24.5 Å². The fourth-order valence-corrected chi connectivity index (χ4v) is 2.44. The summed E-state index contributed by atoms with van der Waals surface area (Å²) in [6.07, 6.45) is 0. The maximum atomic E-state index is 6.31. The summed E-state index contributed by atoms with van der Waals surface area (Å²) in [6.45, 7) is 8.35. The maximum absolute atomic E-state index is 6.31. The SMILES string of the molecule is Cc1ccc(C)c([C@@H]2CNC[C@@]2(C)N)c1. The zero-order chi connectivity index (χ0) is 11.1. The Balaban J connectivity index is 2.40. The largest absolute Gasteiger partial charge is 0.324 e. The first-order valence-electron chi connectivity index (χ1n) is 5.57. The fourth-order valence-electron chi connectivity index (χ4n) is 2.44. The highest BCUT2D eigenvalue weighted by Crippen LogP contribution is 2.31. The summed E-state index contributed by atoms with van der Waals surface area (Å²) >= 11 is 0. The first-order valence-corrected chi connectivity index (χ1v) is 5.57. The molecule has 15 heavy (non-hydrogen) atoms. The van der Waals surface area contributed by atoms with Crippen LogP contribution in [-0.4, -0.2) is 18.6 Å². The second kappa shape index (κ2) is 3.62. The van der Waals surface area contributed by atoms with Gasteiger partial charge in [-0.15, -0.1) is 0 Å². The van der Waals surface area contributed by atoms with Gasteiger partial charge in [-0.05, 0) is 31.9 Å². The second-order valence-electron chi connectivity index (χ2n) is 5.05. The predicted octanol–water partition coefficient (Wildman–Crippen LogP) is 1.71. The average molecular weight is 204 g/mol. The Kier molecular flexibility index (Phi) is 2.57. The monoisotopic (exact) mass is 204 g/mol. The molecule has 1 fully saturated rings. The molecule has 1 aromatic carbocycles. The molecule has 1 aromatic rings. The number of benzene rings is 1. The molecule has 0 aliphatic carbocycles. The molecule has 2 rings (SSSR count). The highest BCUT2D eigenvalue weighted by Gasteiger charge is 2.36. The van der Waals surface area contributed by atoms with E-state index >= 15 is 0 Å². The third-order valence-corrected chi connectivity index (χ3v) is 3.46. The van der Waals surface area contributed by atoms with E-state index in [2.05, 4.69) is 44.3 Å². The van der Waals surface area contributed by atoms with Crippen LogP contribution in [0.25, 0.3) is 0 Å². The maximum Gasteiger partial charge on any atom is 0.0334 e. The van der Waals surface area contributed by atoms with E-state index in [1.165, 1.54) is 16.7 Å². The van der Waals surface area contributed by atoms with Gasteiger partial charge in [0.15, 0.2) is 0 Å². The Morgan fingerprint density at radius 3 is 2.73 bits per heavy atom. The van der Waals surface area contributed by atoms with Gasteiger partial charge in [-0.3, -0.25) is 0 Å². The Bertz CT molecular complexity index is 369. The lowest BCUT2D eigenvalue weighted by Crippen LogP contribution is -2.43. The molecule has 2 heteroatoms. The van der Waals surface area contributed by atoms with Crippen LogP contribution in [0.4, 0.5) is 0 Å². The van der Waals surface area contributed by atoms with Crippen LogP contribution < -0.4 is 11.1 Å². The van der Waals surface area contributed by atoms with Gasteiger partial charge in [-0.1, -0.05) is 23.8 Å². The first kappa shape index (κ1) is 10.7. The third kappa shape index (κ3) is 1.92. The highest BCUT2D eigenvalue weighted by molar-refractivity contribution is 5.36. The van der Waals surface area contributed by atoms with E-state index in [4.69, 9.17) is 5.73 Å². The summed E-state index contributed by atoms with van der Waals surface area (Å²) < 4.78 is 0. The quantitative estimate of drug-likeness (QED) is 0.731. The number of nitrogens with one attached hydrogen (secondary N) is 1. The van der Waals surface area contributed by atoms with Crippen LogP contribution in [0.15, 0.2) is 18.2 Å². The van der Waals surface area contributed by atoms with Crippen LogP contribution in [-0.2, 0) is 0 Å². The van der Waals surface area contributed by atoms with Crippen molar-refractivity contribution < 1.29 is 0 Å². The molecule has 0 aromatic heterocycles. The van der Waals surface area contributed by atoms with Crippen molar-refractivity contribution in [1.82, 2.24) is 5.32 Å². The average Bonchev–Trinajstić information content (AvgIpc) is 2.50. The molecule has 0 radical (unpaired) electrons. The molecule has 3 N–H and O–H groups in total. The van der Waals surface area contributed by atoms with Crippen molar-refractivity contribution in [2.75, 3.05) is 13.1 Å². The van der Waals surface area contributed by atoms with Crippen molar-refractivity contribution in [2.24, 2.45) is 5.73 Å². The molecule has 0 unspecified atom stereocenters. The molecule has 2 nitrogen and oxygen atoms in total. The predicted molar refractivity (Wildman–Crippen MR) is 64.1 cm³/mol. The summed E-state index contributed by atoms with van der Waals surface area (Å²) in [7, 11) is 0. The third-order valence-electron chi connectivity index (χ3n) is 3.46. The van der Waals surface area contributed by atoms with Gasteiger partial charge in [0.1, 0.15) is 0 Å². The van der Waals surface area contributed by atoms with Crippen molar-refractivity contribution in [3.8, 4) is 0 Å². The Morgan fingerprint density at radius 1 is 1.40 bits per heavy atom. The van der Waals surface area contributed by atoms with E-state index in [9.17, 15) is 0 Å². The van der Waals surface area contributed by atoms with Crippen LogP contribution in [0.5, 0.6) is 0 Å². The van der Waals surface area contributed by atoms with Crippen LogP contribution in [0.3, 0.4) is 0 Å². The van der Waals surface area contributed by atoms with E-state index in [-0.39, 0.29) is 5.54 Å². The molecule has 0 bridgehead atoms. The van der Waals surface area contributed by atoms with Crippen LogP contribution >= 0.6 is 0 Å². The number of aryl methyl sites for hydroxylation is 2. The molecule has 1 saturated heterocycles. The summed E-state index contributed by atoms with van der Waals surface area (Å²) in [5.74, 6) is 0.442. The lowest BCUT2D eigenvalue weighted by molar-refractivity contribution is 0.461. The fraction of sp³-hybridized carbons (Fsp3) is 0.538. The minimum absolute atomic E-state index is 0.113. The topological polar surface area (TPSA) is 38.0 Å². The van der Waals surface area contributed by atoms with Crippen LogP contribution in [0.2, 0.25) is 0 Å². The number of hydrogen-bond donors (Lipinski definition) is 2. The first-order chi connectivity index (χ1) is 7.00. The minimum Gasteiger partial charge on any atom is -0.324 e. The molecule has 82 valence electrons. The van der Waals surface area contributed by atoms with E-state index in [0.29, 0.717) is 5.92 Å². The van der Waals surface area contributed by atoms with Crippen LogP contribution in [0.1, 0.15) is 29.5 Å². The van der Waals surface area contributed by atoms with Gasteiger partial charge in [0.2, 0.25) is 0 Å². The van der Waals surface area contributed by atoms with Gasteiger partial charge in [-0.2, -0.15) is 0 Å². The second-order valence-corrected chi connectivity index (χ2v) is 5.05. The Hall–Kier alpha value is -0.860. The summed E-state index contributed by atoms with van der Waals surface area (Å²) in [6, 6.07) is 6.63. The normalized spacial score (nSPS) is 30.8. The molecule has 1 aliphatic rings. The van der Waals surface area contributed by atoms with Crippen molar-refractivity contribution in [3.63, 3.8) is 0 Å². The standard InChI is InChI=1S/C13H20N2/c1-9-4-5-10(2)11(6-9)12-7-15-8-13(12,3)14/h4-6,12,15H,7-8,14H2,1-3H3/t12-,13+/m0/s1. The van der Waals surface area contributed by atoms with Gasteiger partial charge >= 0.3 is 0 Å². The minimum atomic E-state index is -0.113. The van der Waals surface area contributed by atoms with E-state index < -0.39 is 0 Å². The summed E-state index contributed by atoms with van der Waals surface area (Å²) in [5, 5.41) is 3.38. The lowest BCUT2D eigenvalue weighted by atomic mass is 9.82. The Labute approximate surface area is 91.9 Å². The molecule has 1 heterocycles. The lowest BCUT2D eigenvalue weighted by Gasteiger charge is -2.27. The number of rotatable bonds is 1. The molecular weight excluding hydrogens is 184 g/mol. The molecule has 0 spiro atoms. The molecule has 0 saturated carbocycles. The van der Waals surface area contributed by atoms with Crippen molar-refractivity contribution >= 4 is 0 Å². The smallest absolute Gasteiger partial charge is 0.0334 e. The van der Waals surface area contributed by atoms with E-state index in [1.54, 1.807) is 0 Å². The van der Waals surface area contributed by atoms with E-state index in [0.717, 1.165) is 13.1 Å². The van der Waals surface area contributed by atoms with Crippen molar-refractivity contribution in [2.45, 2.75) is 32.2 Å². The number of nitrogens with two attached hydrogens (primary N) is 1. The summed E-state index contributed by atoms with van der Waals surface area (Å²) in [4.78, 5) is 0. The molecular formula is C13H20N2. The Morgan fingerprint density at radius 2 is 2.13 bits per heavy atom. The molecule has 2 atom stereocenters. The number of hydrogen-bond acceptors (Lipinski definition) is 2. The highest BCUT2D eigenvalue weighted by atomic mass is 15.0. The zero-order valence-electron chi connectivity index (χ0n) is 9.80. The summed E-state index contributed by atoms with van der Waals surface area (Å²) in [5.41, 5.74) is 10.3. The van der Waals surface area contributed by atoms with Gasteiger partial charge in [-0.25, -0.2) is 0 Å². The van der Waals surface area contributed by atoms with Gasteiger partial charge in [0.05, 0.1) is 0 Å². The molecule has 1 aliphatic heterocycles. The van der Waals surface area contributed by atoms with Crippen LogP contribution in [0, 0.1) is 13.8 Å². The van der Waals surface area contributed by atoms with Crippen molar-refractivity contribution in [3.05, 3.63) is 34.9 Å². The van der Waals surface area contributed by atoms with Crippen molar-refractivity contribution in [1.29, 1.82) is 0 Å².